The maximum Gasteiger partial charge on any atom is 0.0707 e. The highest BCUT2D eigenvalue weighted by Gasteiger charge is 1.92. The van der Waals surface area contributed by atoms with Gasteiger partial charge in [-0.25, -0.2) is 0 Å². The summed E-state index contributed by atoms with van der Waals surface area (Å²) in [5.41, 5.74) is 1.98. The van der Waals surface area contributed by atoms with Gasteiger partial charge in [0.1, 0.15) is 0 Å². The molecule has 0 aliphatic rings. The molecule has 1 heteroatoms. The predicted molar refractivity (Wildman–Crippen MR) is 50.5 cm³/mol. The number of benzene rings is 1. The molecule has 0 fully saturated rings. The second kappa shape index (κ2) is 2.78. The number of pyridine rings is 1. The van der Waals surface area contributed by atoms with Crippen LogP contribution in [-0.2, 0) is 0 Å². The Bertz CT molecular complexity index is 418. The monoisotopic (exact) mass is 154 g/mol. The van der Waals surface area contributed by atoms with Crippen molar-refractivity contribution in [3.05, 3.63) is 48.7 Å². The van der Waals surface area contributed by atoms with Gasteiger partial charge in [-0.1, -0.05) is 30.9 Å². The summed E-state index contributed by atoms with van der Waals surface area (Å²) in [5.74, 6) is 0. The molecule has 12 heavy (non-hydrogen) atoms. The molecule has 0 spiro atoms. The van der Waals surface area contributed by atoms with Crippen molar-refractivity contribution in [1.29, 1.82) is 0 Å². The number of nitrogens with zero attached hydrogens (tertiary/aromatic N) is 1. The first-order chi connectivity index (χ1) is 5.90. The van der Waals surface area contributed by atoms with Crippen molar-refractivity contribution in [3.63, 3.8) is 0 Å². The van der Waals surface area contributed by atoms with Gasteiger partial charge >= 0.3 is 0 Å². The Morgan fingerprint density at radius 3 is 3.00 bits per heavy atom. The quantitative estimate of drug-likeness (QED) is 0.615. The van der Waals surface area contributed by atoms with E-state index in [1.807, 2.05) is 30.3 Å². The topological polar surface area (TPSA) is 12.9 Å². The highest BCUT2D eigenvalue weighted by atomic mass is 14.6. The summed E-state index contributed by atoms with van der Waals surface area (Å²) in [5, 5.41) is 1.14. The average molecular weight is 154 g/mol. The maximum absolute atomic E-state index is 5.39. The SMILES string of the molecule is [CH]=Cc1ccc2cccnc2c1. The average Bonchev–Trinajstić information content (AvgIpc) is 2.17. The van der Waals surface area contributed by atoms with Crippen LogP contribution in [0.5, 0.6) is 0 Å². The zero-order valence-corrected chi connectivity index (χ0v) is 6.57. The third-order valence-electron chi connectivity index (χ3n) is 1.82. The molecule has 2 rings (SSSR count). The third kappa shape index (κ3) is 1.10. The normalized spacial score (nSPS) is 10.0. The van der Waals surface area contributed by atoms with Crippen molar-refractivity contribution in [2.75, 3.05) is 0 Å². The molecular formula is C11H8N. The molecule has 0 unspecified atom stereocenters. The first-order valence-electron chi connectivity index (χ1n) is 3.80. The Balaban J connectivity index is 2.75. The third-order valence-corrected chi connectivity index (χ3v) is 1.82. The van der Waals surface area contributed by atoms with Crippen LogP contribution in [0.25, 0.3) is 17.0 Å². The lowest BCUT2D eigenvalue weighted by atomic mass is 10.1. The number of fused-ring (bicyclic) bond motifs is 1. The predicted octanol–water partition coefficient (Wildman–Crippen LogP) is 2.68. The molecule has 0 N–H and O–H groups in total. The van der Waals surface area contributed by atoms with Gasteiger partial charge in [-0.05, 0) is 17.7 Å². The minimum atomic E-state index is 0.983. The Morgan fingerprint density at radius 1 is 1.25 bits per heavy atom. The molecular weight excluding hydrogens is 146 g/mol. The fourth-order valence-electron chi connectivity index (χ4n) is 1.19. The first kappa shape index (κ1) is 7.04. The minimum Gasteiger partial charge on any atom is -0.256 e. The lowest BCUT2D eigenvalue weighted by molar-refractivity contribution is 1.41. The van der Waals surface area contributed by atoms with Crippen molar-refractivity contribution < 1.29 is 0 Å². The summed E-state index contributed by atoms with van der Waals surface area (Å²) in [6, 6.07) is 9.91. The van der Waals surface area contributed by atoms with Crippen LogP contribution in [0.2, 0.25) is 0 Å². The van der Waals surface area contributed by atoms with Crippen molar-refractivity contribution >= 4 is 17.0 Å². The zero-order chi connectivity index (χ0) is 8.39. The van der Waals surface area contributed by atoms with Crippen LogP contribution in [0.3, 0.4) is 0 Å². The van der Waals surface area contributed by atoms with Crippen molar-refractivity contribution in [2.45, 2.75) is 0 Å². The van der Waals surface area contributed by atoms with Crippen LogP contribution in [0.1, 0.15) is 5.56 Å². The maximum atomic E-state index is 5.39. The van der Waals surface area contributed by atoms with Crippen LogP contribution in [0.4, 0.5) is 0 Å². The zero-order valence-electron chi connectivity index (χ0n) is 6.57. The Hall–Kier alpha value is -1.63. The summed E-state index contributed by atoms with van der Waals surface area (Å²) in [7, 11) is 0. The van der Waals surface area contributed by atoms with E-state index in [1.54, 1.807) is 12.3 Å². The second-order valence-electron chi connectivity index (χ2n) is 2.62. The molecule has 0 atom stereocenters. The minimum absolute atomic E-state index is 0.983. The Kier molecular flexibility index (Phi) is 1.63. The molecule has 57 valence electrons. The van der Waals surface area contributed by atoms with Crippen LogP contribution in [0, 0.1) is 6.58 Å². The van der Waals surface area contributed by atoms with Gasteiger partial charge in [0.05, 0.1) is 5.52 Å². The summed E-state index contributed by atoms with van der Waals surface area (Å²) < 4.78 is 0. The molecule has 1 aromatic carbocycles. The number of aromatic nitrogens is 1. The summed E-state index contributed by atoms with van der Waals surface area (Å²) in [6.45, 7) is 5.39. The van der Waals surface area contributed by atoms with E-state index in [0.717, 1.165) is 16.5 Å². The molecule has 0 amide bonds. The van der Waals surface area contributed by atoms with Gasteiger partial charge in [-0.2, -0.15) is 0 Å². The van der Waals surface area contributed by atoms with E-state index in [-0.39, 0.29) is 0 Å². The van der Waals surface area contributed by atoms with Crippen molar-refractivity contribution in [1.82, 2.24) is 4.98 Å². The lowest BCUT2D eigenvalue weighted by Crippen LogP contribution is -1.78. The van der Waals surface area contributed by atoms with E-state index < -0.39 is 0 Å². The molecule has 0 aliphatic carbocycles. The van der Waals surface area contributed by atoms with E-state index in [4.69, 9.17) is 6.58 Å². The Morgan fingerprint density at radius 2 is 2.17 bits per heavy atom. The summed E-state index contributed by atoms with van der Waals surface area (Å²) >= 11 is 0. The molecule has 1 radical (unpaired) electrons. The van der Waals surface area contributed by atoms with Crippen LogP contribution < -0.4 is 0 Å². The largest absolute Gasteiger partial charge is 0.256 e. The van der Waals surface area contributed by atoms with Gasteiger partial charge in [0.15, 0.2) is 0 Å². The van der Waals surface area contributed by atoms with Crippen molar-refractivity contribution in [3.8, 4) is 0 Å². The second-order valence-corrected chi connectivity index (χ2v) is 2.62. The molecule has 0 bridgehead atoms. The Labute approximate surface area is 71.4 Å². The van der Waals surface area contributed by atoms with E-state index in [9.17, 15) is 0 Å². The molecule has 1 nitrogen and oxygen atoms in total. The highest BCUT2D eigenvalue weighted by molar-refractivity contribution is 5.80. The van der Waals surface area contributed by atoms with E-state index in [2.05, 4.69) is 4.98 Å². The van der Waals surface area contributed by atoms with Crippen LogP contribution in [0.15, 0.2) is 36.5 Å². The van der Waals surface area contributed by atoms with Gasteiger partial charge in [-0.15, -0.1) is 0 Å². The standard InChI is InChI=1S/C11H8N/c1-2-9-5-6-10-4-3-7-12-11(10)8-9/h1-8H. The number of rotatable bonds is 1. The van der Waals surface area contributed by atoms with Gasteiger partial charge in [0.25, 0.3) is 0 Å². The first-order valence-corrected chi connectivity index (χ1v) is 3.80. The fourth-order valence-corrected chi connectivity index (χ4v) is 1.19. The highest BCUT2D eigenvalue weighted by Crippen LogP contribution is 2.13. The van der Waals surface area contributed by atoms with Gasteiger partial charge < -0.3 is 0 Å². The van der Waals surface area contributed by atoms with E-state index in [0.29, 0.717) is 0 Å². The molecule has 1 aromatic heterocycles. The molecule has 0 saturated carbocycles. The summed E-state index contributed by atoms with van der Waals surface area (Å²) in [6.07, 6.45) is 3.36. The fraction of sp³-hybridized carbons (Fsp3) is 0. The van der Waals surface area contributed by atoms with Crippen LogP contribution in [-0.4, -0.2) is 4.98 Å². The van der Waals surface area contributed by atoms with Gasteiger partial charge in [0, 0.05) is 11.6 Å². The van der Waals surface area contributed by atoms with Crippen LogP contribution >= 0.6 is 0 Å². The van der Waals surface area contributed by atoms with Gasteiger partial charge in [-0.3, -0.25) is 4.98 Å². The lowest BCUT2D eigenvalue weighted by Gasteiger charge is -1.96. The van der Waals surface area contributed by atoms with E-state index in [1.165, 1.54) is 0 Å². The molecule has 1 heterocycles. The molecule has 0 aliphatic heterocycles. The summed E-state index contributed by atoms with van der Waals surface area (Å²) in [4.78, 5) is 4.21. The number of hydrogen-bond donors (Lipinski definition) is 0. The molecule has 2 aromatic rings. The smallest absolute Gasteiger partial charge is 0.0707 e. The van der Waals surface area contributed by atoms with Gasteiger partial charge in [0.2, 0.25) is 0 Å². The molecule has 0 saturated heterocycles. The van der Waals surface area contributed by atoms with Crippen molar-refractivity contribution in [2.24, 2.45) is 0 Å². The number of hydrogen-bond acceptors (Lipinski definition) is 1. The van der Waals surface area contributed by atoms with E-state index >= 15 is 0 Å².